The van der Waals surface area contributed by atoms with Crippen LogP contribution in [0, 0.1) is 5.82 Å². The fourth-order valence-electron chi connectivity index (χ4n) is 3.83. The summed E-state index contributed by atoms with van der Waals surface area (Å²) >= 11 is 8.03. The summed E-state index contributed by atoms with van der Waals surface area (Å²) in [6.07, 6.45) is 4.29. The van der Waals surface area contributed by atoms with Crippen molar-refractivity contribution in [1.82, 2.24) is 14.9 Å². The third kappa shape index (κ3) is 5.90. The number of nitrogens with zero attached hydrogens (tertiary/aromatic N) is 3. The van der Waals surface area contributed by atoms with Crippen LogP contribution < -0.4 is 10.1 Å². The first-order chi connectivity index (χ1) is 18.8. The van der Waals surface area contributed by atoms with Crippen molar-refractivity contribution < 1.29 is 23.5 Å². The zero-order valence-electron chi connectivity index (χ0n) is 20.2. The molecular formula is C27H18ClFN4O4S2. The third-order valence-electron chi connectivity index (χ3n) is 5.62. The number of thioether (sulfide) groups is 2. The first-order valence-electron chi connectivity index (χ1n) is 11.4. The lowest BCUT2D eigenvalue weighted by atomic mass is 10.0. The van der Waals surface area contributed by atoms with Crippen molar-refractivity contribution >= 4 is 74.7 Å². The maximum Gasteiger partial charge on any atom is 0.294 e. The smallest absolute Gasteiger partial charge is 0.294 e. The van der Waals surface area contributed by atoms with Gasteiger partial charge in [0.15, 0.2) is 0 Å². The lowest BCUT2D eigenvalue weighted by Gasteiger charge is -2.13. The van der Waals surface area contributed by atoms with Crippen LogP contribution in [-0.4, -0.2) is 44.7 Å². The number of halogens is 2. The number of anilines is 1. The first kappa shape index (κ1) is 26.7. The molecule has 2 heterocycles. The van der Waals surface area contributed by atoms with Crippen LogP contribution in [0.3, 0.4) is 0 Å². The molecule has 1 aliphatic heterocycles. The van der Waals surface area contributed by atoms with Gasteiger partial charge in [-0.15, -0.1) is 11.8 Å². The van der Waals surface area contributed by atoms with Gasteiger partial charge < -0.3 is 10.1 Å². The van der Waals surface area contributed by atoms with Gasteiger partial charge in [-0.3, -0.25) is 19.3 Å². The van der Waals surface area contributed by atoms with E-state index in [9.17, 15) is 18.8 Å². The molecule has 0 atom stereocenters. The number of nitrogens with one attached hydrogen (secondary N) is 1. The van der Waals surface area contributed by atoms with E-state index in [1.54, 1.807) is 42.5 Å². The van der Waals surface area contributed by atoms with Gasteiger partial charge in [-0.25, -0.2) is 4.98 Å². The largest absolute Gasteiger partial charge is 0.436 e. The highest BCUT2D eigenvalue weighted by molar-refractivity contribution is 8.18. The minimum atomic E-state index is -0.826. The van der Waals surface area contributed by atoms with Crippen molar-refractivity contribution in [3.05, 3.63) is 88.4 Å². The van der Waals surface area contributed by atoms with E-state index in [0.29, 0.717) is 28.4 Å². The number of amides is 3. The predicted molar refractivity (Wildman–Crippen MR) is 151 cm³/mol. The van der Waals surface area contributed by atoms with Crippen molar-refractivity contribution in [2.24, 2.45) is 0 Å². The van der Waals surface area contributed by atoms with Crippen molar-refractivity contribution in [1.29, 1.82) is 0 Å². The highest BCUT2D eigenvalue weighted by Gasteiger charge is 2.36. The van der Waals surface area contributed by atoms with Gasteiger partial charge in [-0.2, -0.15) is 9.37 Å². The van der Waals surface area contributed by atoms with Gasteiger partial charge in [-0.05, 0) is 70.7 Å². The molecule has 3 amide bonds. The highest BCUT2D eigenvalue weighted by atomic mass is 35.5. The molecule has 1 saturated heterocycles. The number of rotatable bonds is 7. The molecule has 0 radical (unpaired) electrons. The number of carbonyl (C=O) groups is 3. The minimum absolute atomic E-state index is 0.0829. The minimum Gasteiger partial charge on any atom is -0.436 e. The summed E-state index contributed by atoms with van der Waals surface area (Å²) in [6, 6.07) is 17.9. The van der Waals surface area contributed by atoms with Crippen molar-refractivity contribution in [2.45, 2.75) is 4.90 Å². The molecule has 0 spiro atoms. The van der Waals surface area contributed by atoms with Crippen LogP contribution in [-0.2, 0) is 9.59 Å². The van der Waals surface area contributed by atoms with E-state index in [4.69, 9.17) is 16.3 Å². The fraction of sp³-hybridized carbons (Fsp3) is 0.0741. The molecule has 4 aromatic rings. The molecule has 1 aliphatic rings. The third-order valence-corrected chi connectivity index (χ3v) is 7.44. The van der Waals surface area contributed by atoms with Gasteiger partial charge in [0.1, 0.15) is 12.3 Å². The maximum absolute atomic E-state index is 14.3. The number of benzene rings is 3. The molecule has 0 unspecified atom stereocenters. The maximum atomic E-state index is 14.3. The Morgan fingerprint density at radius 3 is 2.82 bits per heavy atom. The molecule has 3 aromatic carbocycles. The van der Waals surface area contributed by atoms with Crippen LogP contribution in [0.2, 0.25) is 5.28 Å². The Kier molecular flexibility index (Phi) is 7.82. The van der Waals surface area contributed by atoms with Crippen molar-refractivity contribution in [2.75, 3.05) is 18.1 Å². The average Bonchev–Trinajstić information content (AvgIpc) is 3.19. The van der Waals surface area contributed by atoms with Gasteiger partial charge in [-0.1, -0.05) is 36.4 Å². The molecular weight excluding hydrogens is 563 g/mol. The van der Waals surface area contributed by atoms with E-state index >= 15 is 0 Å². The molecule has 1 N–H and O–H groups in total. The molecule has 0 bridgehead atoms. The second-order valence-corrected chi connectivity index (χ2v) is 10.4. The molecule has 8 nitrogen and oxygen atoms in total. The summed E-state index contributed by atoms with van der Waals surface area (Å²) in [6.45, 7) is -0.449. The average molecular weight is 581 g/mol. The van der Waals surface area contributed by atoms with Crippen LogP contribution in [0.15, 0.2) is 76.7 Å². The monoisotopic (exact) mass is 580 g/mol. The SMILES string of the molecule is CSc1cccc(NC(=O)CN2C(=O)S/C(=C/c3c(Oc4nc(Cl)ncc4F)ccc4ccccc34)C2=O)c1. The number of aromatic nitrogens is 2. The Hall–Kier alpha value is -3.93. The van der Waals surface area contributed by atoms with E-state index in [2.05, 4.69) is 15.3 Å². The number of fused-ring (bicyclic) bond motifs is 1. The molecule has 0 aliphatic carbocycles. The van der Waals surface area contributed by atoms with E-state index in [1.165, 1.54) is 17.8 Å². The zero-order valence-corrected chi connectivity index (χ0v) is 22.6. The van der Waals surface area contributed by atoms with Crippen LogP contribution in [0.1, 0.15) is 5.56 Å². The van der Waals surface area contributed by atoms with Crippen LogP contribution >= 0.6 is 35.1 Å². The van der Waals surface area contributed by atoms with Gasteiger partial charge in [0, 0.05) is 16.1 Å². The summed E-state index contributed by atoms with van der Waals surface area (Å²) in [5.74, 6) is -2.18. The van der Waals surface area contributed by atoms with Gasteiger partial charge in [0.05, 0.1) is 11.1 Å². The summed E-state index contributed by atoms with van der Waals surface area (Å²) < 4.78 is 20.1. The molecule has 0 saturated carbocycles. The first-order valence-corrected chi connectivity index (χ1v) is 13.8. The number of ether oxygens (including phenoxy) is 1. The zero-order chi connectivity index (χ0) is 27.5. The second kappa shape index (κ2) is 11.4. The highest BCUT2D eigenvalue weighted by Crippen LogP contribution is 2.38. The number of carbonyl (C=O) groups excluding carboxylic acids is 3. The molecule has 5 rings (SSSR count). The van der Waals surface area contributed by atoms with Gasteiger partial charge >= 0.3 is 0 Å². The lowest BCUT2D eigenvalue weighted by Crippen LogP contribution is -2.36. The summed E-state index contributed by atoms with van der Waals surface area (Å²) in [5.41, 5.74) is 0.982. The van der Waals surface area contributed by atoms with E-state index in [1.807, 2.05) is 24.5 Å². The normalized spacial score (nSPS) is 14.3. The second-order valence-electron chi connectivity index (χ2n) is 8.14. The Morgan fingerprint density at radius 1 is 1.18 bits per heavy atom. The van der Waals surface area contributed by atoms with Crippen LogP contribution in [0.4, 0.5) is 14.9 Å². The Labute approximate surface area is 235 Å². The van der Waals surface area contributed by atoms with Crippen LogP contribution in [0.5, 0.6) is 11.6 Å². The lowest BCUT2D eigenvalue weighted by molar-refractivity contribution is -0.127. The molecule has 12 heteroatoms. The summed E-state index contributed by atoms with van der Waals surface area (Å²) in [5, 5.41) is 3.44. The molecule has 1 aromatic heterocycles. The van der Waals surface area contributed by atoms with Gasteiger partial charge in [0.2, 0.25) is 17.0 Å². The summed E-state index contributed by atoms with van der Waals surface area (Å²) in [7, 11) is 0. The number of hydrogen-bond acceptors (Lipinski definition) is 8. The van der Waals surface area contributed by atoms with Crippen LogP contribution in [0.25, 0.3) is 16.8 Å². The Balaban J connectivity index is 1.44. The van der Waals surface area contributed by atoms with Gasteiger partial charge in [0.25, 0.3) is 17.0 Å². The molecule has 1 fully saturated rings. The standard InChI is InChI=1S/C27H18ClFN4O4S2/c1-38-17-7-4-6-16(11-17)31-23(34)14-33-25(35)22(39-27(33)36)12-19-18-8-3-2-5-15(18)9-10-21(19)37-24-20(29)13-30-26(28)32-24/h2-13H,14H2,1H3,(H,31,34)/b22-12+. The topological polar surface area (TPSA) is 101 Å². The van der Waals surface area contributed by atoms with E-state index in [0.717, 1.165) is 21.4 Å². The quantitative estimate of drug-likeness (QED) is 0.148. The summed E-state index contributed by atoms with van der Waals surface area (Å²) in [4.78, 5) is 47.9. The fourth-order valence-corrected chi connectivity index (χ4v) is 5.24. The Morgan fingerprint density at radius 2 is 2.00 bits per heavy atom. The molecule has 39 heavy (non-hydrogen) atoms. The molecule has 196 valence electrons. The van der Waals surface area contributed by atoms with E-state index < -0.39 is 35.3 Å². The number of imide groups is 1. The van der Waals surface area contributed by atoms with Crippen molar-refractivity contribution in [3.8, 4) is 11.6 Å². The predicted octanol–water partition coefficient (Wildman–Crippen LogP) is 6.61. The van der Waals surface area contributed by atoms with Crippen molar-refractivity contribution in [3.63, 3.8) is 0 Å². The number of hydrogen-bond donors (Lipinski definition) is 1. The Bertz CT molecular complexity index is 1670. The van der Waals surface area contributed by atoms with E-state index in [-0.39, 0.29) is 15.9 Å².